The van der Waals surface area contributed by atoms with Crippen molar-refractivity contribution in [3.05, 3.63) is 60.2 Å². The summed E-state index contributed by atoms with van der Waals surface area (Å²) in [5.74, 6) is -0.000235. The van der Waals surface area contributed by atoms with E-state index in [9.17, 15) is 4.79 Å². The predicted molar refractivity (Wildman–Crippen MR) is 101 cm³/mol. The minimum atomic E-state index is -0.000235. The Balaban J connectivity index is 0.00000208. The summed E-state index contributed by atoms with van der Waals surface area (Å²) in [4.78, 5) is 14.6. The van der Waals surface area contributed by atoms with Crippen LogP contribution in [0.1, 0.15) is 10.4 Å². The fourth-order valence-electron chi connectivity index (χ4n) is 2.81. The number of benzene rings is 2. The second kappa shape index (κ2) is 9.42. The molecule has 1 heterocycles. The van der Waals surface area contributed by atoms with Gasteiger partial charge >= 0.3 is 0 Å². The summed E-state index contributed by atoms with van der Waals surface area (Å²) in [6.07, 6.45) is 0. The normalized spacial score (nSPS) is 14.7. The van der Waals surface area contributed by atoms with Crippen LogP contribution >= 0.6 is 12.4 Å². The second-order valence-corrected chi connectivity index (χ2v) is 5.79. The van der Waals surface area contributed by atoms with Crippen LogP contribution in [0.4, 0.5) is 0 Å². The van der Waals surface area contributed by atoms with E-state index in [0.717, 1.165) is 43.9 Å². The molecule has 1 amide bonds. The van der Waals surface area contributed by atoms with Crippen LogP contribution in [0, 0.1) is 0 Å². The van der Waals surface area contributed by atoms with Crippen LogP contribution in [-0.2, 0) is 0 Å². The third-order valence-corrected chi connectivity index (χ3v) is 4.18. The van der Waals surface area contributed by atoms with Crippen LogP contribution in [0.15, 0.2) is 54.6 Å². The maximum Gasteiger partial charge on any atom is 0.251 e. The van der Waals surface area contributed by atoms with Crippen molar-refractivity contribution in [1.82, 2.24) is 15.5 Å². The van der Waals surface area contributed by atoms with E-state index >= 15 is 0 Å². The Bertz CT molecular complexity index is 625. The third-order valence-electron chi connectivity index (χ3n) is 4.18. The molecule has 2 aromatic carbocycles. The van der Waals surface area contributed by atoms with Gasteiger partial charge in [0.15, 0.2) is 0 Å². The van der Waals surface area contributed by atoms with Gasteiger partial charge in [0.25, 0.3) is 5.91 Å². The Kier molecular flexibility index (Phi) is 7.25. The van der Waals surface area contributed by atoms with Crippen molar-refractivity contribution in [1.29, 1.82) is 0 Å². The largest absolute Gasteiger partial charge is 0.351 e. The van der Waals surface area contributed by atoms with Crippen LogP contribution in [0.5, 0.6) is 0 Å². The summed E-state index contributed by atoms with van der Waals surface area (Å²) in [6, 6.07) is 18.0. The molecule has 0 radical (unpaired) electrons. The number of amides is 1. The zero-order chi connectivity index (χ0) is 15.9. The van der Waals surface area contributed by atoms with E-state index in [0.29, 0.717) is 12.1 Å². The van der Waals surface area contributed by atoms with E-state index < -0.39 is 0 Å². The smallest absolute Gasteiger partial charge is 0.251 e. The maximum absolute atomic E-state index is 12.2. The van der Waals surface area contributed by atoms with Crippen LogP contribution < -0.4 is 10.6 Å². The SMILES string of the molecule is Cl.O=C(NCCN1CCNCC1)c1ccc(-c2ccccc2)cc1. The van der Waals surface area contributed by atoms with Crippen LogP contribution in [0.2, 0.25) is 0 Å². The summed E-state index contributed by atoms with van der Waals surface area (Å²) in [6.45, 7) is 5.79. The Hall–Kier alpha value is -1.88. The van der Waals surface area contributed by atoms with Gasteiger partial charge in [-0.15, -0.1) is 12.4 Å². The molecule has 3 rings (SSSR count). The molecular weight excluding hydrogens is 322 g/mol. The first-order valence-electron chi connectivity index (χ1n) is 8.20. The molecule has 1 aliphatic heterocycles. The lowest BCUT2D eigenvalue weighted by molar-refractivity contribution is 0.0947. The minimum Gasteiger partial charge on any atom is -0.351 e. The lowest BCUT2D eigenvalue weighted by Gasteiger charge is -2.27. The number of halogens is 1. The Labute approximate surface area is 149 Å². The maximum atomic E-state index is 12.2. The molecule has 24 heavy (non-hydrogen) atoms. The van der Waals surface area contributed by atoms with Crippen LogP contribution in [0.3, 0.4) is 0 Å². The van der Waals surface area contributed by atoms with E-state index in [-0.39, 0.29) is 18.3 Å². The van der Waals surface area contributed by atoms with E-state index in [2.05, 4.69) is 27.7 Å². The number of carbonyl (C=O) groups is 1. The lowest BCUT2D eigenvalue weighted by atomic mass is 10.0. The number of nitrogens with zero attached hydrogens (tertiary/aromatic N) is 1. The standard InChI is InChI=1S/C19H23N3O.ClH/c23-19(21-12-15-22-13-10-20-11-14-22)18-8-6-17(7-9-18)16-4-2-1-3-5-16;/h1-9,20H,10-15H2,(H,21,23);1H. The van der Waals surface area contributed by atoms with E-state index in [1.54, 1.807) is 0 Å². The Morgan fingerprint density at radius 3 is 2.25 bits per heavy atom. The summed E-state index contributed by atoms with van der Waals surface area (Å²) in [5.41, 5.74) is 3.01. The van der Waals surface area contributed by atoms with Gasteiger partial charge < -0.3 is 10.6 Å². The van der Waals surface area contributed by atoms with Crippen molar-refractivity contribution in [3.63, 3.8) is 0 Å². The molecule has 1 saturated heterocycles. The highest BCUT2D eigenvalue weighted by atomic mass is 35.5. The molecule has 0 bridgehead atoms. The molecule has 0 atom stereocenters. The van der Waals surface area contributed by atoms with Gasteiger partial charge in [0.05, 0.1) is 0 Å². The van der Waals surface area contributed by atoms with Gasteiger partial charge in [0.1, 0.15) is 0 Å². The fourth-order valence-corrected chi connectivity index (χ4v) is 2.81. The van der Waals surface area contributed by atoms with Crippen molar-refractivity contribution in [2.45, 2.75) is 0 Å². The average molecular weight is 346 g/mol. The first-order chi connectivity index (χ1) is 11.3. The van der Waals surface area contributed by atoms with E-state index in [4.69, 9.17) is 0 Å². The van der Waals surface area contributed by atoms with Gasteiger partial charge in [-0.05, 0) is 23.3 Å². The predicted octanol–water partition coefficient (Wildman–Crippen LogP) is 2.41. The van der Waals surface area contributed by atoms with Gasteiger partial charge in [-0.1, -0.05) is 42.5 Å². The van der Waals surface area contributed by atoms with Gasteiger partial charge in [0.2, 0.25) is 0 Å². The van der Waals surface area contributed by atoms with Crippen molar-refractivity contribution < 1.29 is 4.79 Å². The number of carbonyl (C=O) groups excluding carboxylic acids is 1. The third kappa shape index (κ3) is 5.06. The molecule has 1 aliphatic rings. The number of hydrogen-bond acceptors (Lipinski definition) is 3. The summed E-state index contributed by atoms with van der Waals surface area (Å²) in [7, 11) is 0. The van der Waals surface area contributed by atoms with Crippen molar-refractivity contribution in [2.75, 3.05) is 39.3 Å². The average Bonchev–Trinajstić information content (AvgIpc) is 2.63. The highest BCUT2D eigenvalue weighted by molar-refractivity contribution is 5.94. The molecule has 0 saturated carbocycles. The van der Waals surface area contributed by atoms with E-state index in [1.807, 2.05) is 42.5 Å². The monoisotopic (exact) mass is 345 g/mol. The molecule has 2 N–H and O–H groups in total. The Morgan fingerprint density at radius 1 is 0.958 bits per heavy atom. The quantitative estimate of drug-likeness (QED) is 0.874. The molecule has 128 valence electrons. The number of piperazine rings is 1. The first kappa shape index (κ1) is 18.5. The van der Waals surface area contributed by atoms with Crippen molar-refractivity contribution in [3.8, 4) is 11.1 Å². The molecule has 0 unspecified atom stereocenters. The number of hydrogen-bond donors (Lipinski definition) is 2. The fraction of sp³-hybridized carbons (Fsp3) is 0.316. The van der Waals surface area contributed by atoms with Crippen molar-refractivity contribution in [2.24, 2.45) is 0 Å². The molecule has 2 aromatic rings. The van der Waals surface area contributed by atoms with Gasteiger partial charge in [-0.25, -0.2) is 0 Å². The zero-order valence-corrected chi connectivity index (χ0v) is 14.5. The summed E-state index contributed by atoms with van der Waals surface area (Å²) >= 11 is 0. The van der Waals surface area contributed by atoms with Gasteiger partial charge in [-0.3, -0.25) is 9.69 Å². The molecule has 1 fully saturated rings. The number of rotatable bonds is 5. The van der Waals surface area contributed by atoms with Crippen LogP contribution in [0.25, 0.3) is 11.1 Å². The second-order valence-electron chi connectivity index (χ2n) is 5.79. The highest BCUT2D eigenvalue weighted by Crippen LogP contribution is 2.19. The molecular formula is C19H24ClN3O. The Morgan fingerprint density at radius 2 is 1.58 bits per heavy atom. The molecule has 5 heteroatoms. The summed E-state index contributed by atoms with van der Waals surface area (Å²) in [5, 5.41) is 6.33. The molecule has 4 nitrogen and oxygen atoms in total. The lowest BCUT2D eigenvalue weighted by Crippen LogP contribution is -2.46. The molecule has 0 spiro atoms. The topological polar surface area (TPSA) is 44.4 Å². The zero-order valence-electron chi connectivity index (χ0n) is 13.7. The van der Waals surface area contributed by atoms with Gasteiger partial charge in [-0.2, -0.15) is 0 Å². The van der Waals surface area contributed by atoms with E-state index in [1.165, 1.54) is 0 Å². The van der Waals surface area contributed by atoms with Crippen molar-refractivity contribution >= 4 is 18.3 Å². The first-order valence-corrected chi connectivity index (χ1v) is 8.20. The molecule has 0 aromatic heterocycles. The highest BCUT2D eigenvalue weighted by Gasteiger charge is 2.10. The summed E-state index contributed by atoms with van der Waals surface area (Å²) < 4.78 is 0. The molecule has 0 aliphatic carbocycles. The van der Waals surface area contributed by atoms with Crippen LogP contribution in [-0.4, -0.2) is 50.1 Å². The van der Waals surface area contributed by atoms with Gasteiger partial charge in [0, 0.05) is 44.8 Å². The number of nitrogens with one attached hydrogen (secondary N) is 2. The minimum absolute atomic E-state index is 0.